The predicted molar refractivity (Wildman–Crippen MR) is 217 cm³/mol. The Kier molecular flexibility index (Phi) is 14.0. The first-order valence-electron chi connectivity index (χ1n) is 18.3. The third kappa shape index (κ3) is 11.3. The summed E-state index contributed by atoms with van der Waals surface area (Å²) >= 11 is 0. The van der Waals surface area contributed by atoms with Gasteiger partial charge in [0.1, 0.15) is 12.3 Å². The summed E-state index contributed by atoms with van der Waals surface area (Å²) in [5.74, 6) is -1.04. The van der Waals surface area contributed by atoms with Gasteiger partial charge in [0, 0.05) is 59.8 Å². The second kappa shape index (κ2) is 17.3. The van der Waals surface area contributed by atoms with Crippen molar-refractivity contribution in [2.24, 2.45) is 5.92 Å². The lowest BCUT2D eigenvalue weighted by molar-refractivity contribution is -0.437. The second-order valence-electron chi connectivity index (χ2n) is 15.4. The number of rotatable bonds is 19. The zero-order valence-corrected chi connectivity index (χ0v) is 35.8. The maximum atomic E-state index is 12.4. The van der Waals surface area contributed by atoms with E-state index in [0.717, 1.165) is 0 Å². The number of hydrogen-bond acceptors (Lipinski definition) is 10. The number of carbonyl (C=O) groups excluding carboxylic acids is 1. The number of benzene rings is 2. The fraction of sp³-hybridized carbons (Fsp3) is 0.474. The van der Waals surface area contributed by atoms with Crippen molar-refractivity contribution in [3.05, 3.63) is 83.6 Å². The van der Waals surface area contributed by atoms with Gasteiger partial charge in [0.15, 0.2) is 5.71 Å². The van der Waals surface area contributed by atoms with Gasteiger partial charge in [-0.25, -0.2) is 0 Å². The number of ketones is 1. The molecule has 4 rings (SSSR count). The van der Waals surface area contributed by atoms with E-state index in [1.54, 1.807) is 30.4 Å². The summed E-state index contributed by atoms with van der Waals surface area (Å²) in [6.07, 6.45) is 10.8. The molecule has 15 nitrogen and oxygen atoms in total. The first-order valence-corrected chi connectivity index (χ1v) is 24.4. The molecule has 1 unspecified atom stereocenters. The van der Waals surface area contributed by atoms with Crippen LogP contribution in [0, 0.1) is 5.92 Å². The highest BCUT2D eigenvalue weighted by molar-refractivity contribution is 7.86. The minimum absolute atomic E-state index is 0.0267. The molecule has 0 saturated heterocycles. The van der Waals surface area contributed by atoms with Crippen LogP contribution in [0.15, 0.2) is 82.3 Å². The molecule has 19 heteroatoms. The van der Waals surface area contributed by atoms with Gasteiger partial charge in [-0.3, -0.25) is 23.0 Å². The summed E-state index contributed by atoms with van der Waals surface area (Å²) in [5, 5.41) is 0. The van der Waals surface area contributed by atoms with Crippen molar-refractivity contribution in [3.63, 3.8) is 0 Å². The molecule has 57 heavy (non-hydrogen) atoms. The summed E-state index contributed by atoms with van der Waals surface area (Å²) in [7, 11) is -17.7. The Morgan fingerprint density at radius 2 is 1.33 bits per heavy atom. The zero-order chi connectivity index (χ0) is 42.8. The van der Waals surface area contributed by atoms with Crippen molar-refractivity contribution in [1.29, 1.82) is 0 Å². The highest BCUT2D eigenvalue weighted by Crippen LogP contribution is 2.51. The molecule has 0 aliphatic carbocycles. The number of carbonyl (C=O) groups is 1. The lowest BCUT2D eigenvalue weighted by atomic mass is 9.77. The van der Waals surface area contributed by atoms with Crippen molar-refractivity contribution in [1.82, 2.24) is 0 Å². The molecule has 0 amide bonds. The lowest BCUT2D eigenvalue weighted by Crippen LogP contribution is -2.30. The van der Waals surface area contributed by atoms with Crippen molar-refractivity contribution < 1.29 is 61.3 Å². The van der Waals surface area contributed by atoms with Gasteiger partial charge in [0.25, 0.3) is 40.5 Å². The maximum Gasteiger partial charge on any atom is 0.294 e. The summed E-state index contributed by atoms with van der Waals surface area (Å²) in [4.78, 5) is 13.6. The van der Waals surface area contributed by atoms with Crippen LogP contribution in [0.1, 0.15) is 84.3 Å². The lowest BCUT2D eigenvalue weighted by Gasteiger charge is -2.30. The average molecular weight is 872 g/mol. The van der Waals surface area contributed by atoms with E-state index in [0.29, 0.717) is 59.6 Å². The fourth-order valence-electron chi connectivity index (χ4n) is 7.49. The van der Waals surface area contributed by atoms with E-state index in [4.69, 9.17) is 0 Å². The Labute approximate surface area is 335 Å². The van der Waals surface area contributed by atoms with Crippen LogP contribution < -0.4 is 4.90 Å². The number of anilines is 1. The van der Waals surface area contributed by atoms with Gasteiger partial charge in [-0.05, 0) is 82.0 Å². The van der Waals surface area contributed by atoms with Crippen molar-refractivity contribution >= 4 is 63.3 Å². The SMILES string of the molecule is CC(C)C(=O)CCCCC1(C)\C(=C/C=C/C=C/C2=[N+](CCCS(=O)(=O)O)c3ccc(S(=O)(=O)O)cc3C2(C)C)N(CCCS(=O)(=O)O)c2ccc(S(=O)(=O)O)cc21. The van der Waals surface area contributed by atoms with Crippen molar-refractivity contribution in [3.8, 4) is 0 Å². The van der Waals surface area contributed by atoms with Gasteiger partial charge in [0.2, 0.25) is 5.69 Å². The third-order valence-corrected chi connectivity index (χ3v) is 13.8. The van der Waals surface area contributed by atoms with E-state index in [-0.39, 0.29) is 47.4 Å². The van der Waals surface area contributed by atoms with Crippen LogP contribution in [0.2, 0.25) is 0 Å². The summed E-state index contributed by atoms with van der Waals surface area (Å²) in [6.45, 7) is 9.52. The van der Waals surface area contributed by atoms with Crippen molar-refractivity contribution in [2.75, 3.05) is 29.5 Å². The Balaban J connectivity index is 1.78. The van der Waals surface area contributed by atoms with Crippen LogP contribution in [-0.4, -0.2) is 92.5 Å². The fourth-order valence-corrected chi connectivity index (χ4v) is 9.49. The molecular weight excluding hydrogens is 821 g/mol. The molecule has 314 valence electrons. The first kappa shape index (κ1) is 46.1. The third-order valence-electron chi connectivity index (χ3n) is 10.5. The summed E-state index contributed by atoms with van der Waals surface area (Å²) < 4.78 is 135. The highest BCUT2D eigenvalue weighted by atomic mass is 32.2. The molecule has 2 aliphatic rings. The molecule has 0 radical (unpaired) electrons. The molecule has 0 saturated carbocycles. The molecular formula is C38H51N2O13S4+. The predicted octanol–water partition coefficient (Wildman–Crippen LogP) is 5.67. The monoisotopic (exact) mass is 871 g/mol. The van der Waals surface area contributed by atoms with Gasteiger partial charge in [0.05, 0.1) is 26.7 Å². The number of hydrogen-bond donors (Lipinski definition) is 4. The Bertz CT molecular complexity index is 2470. The van der Waals surface area contributed by atoms with Crippen LogP contribution in [0.3, 0.4) is 0 Å². The van der Waals surface area contributed by atoms with Gasteiger partial charge >= 0.3 is 0 Å². The van der Waals surface area contributed by atoms with E-state index in [1.165, 1.54) is 36.4 Å². The van der Waals surface area contributed by atoms with Gasteiger partial charge in [-0.15, -0.1) is 0 Å². The number of Topliss-reactive ketones (excluding diaryl/α,β-unsaturated/α-hetero) is 1. The minimum Gasteiger partial charge on any atom is -0.344 e. The van der Waals surface area contributed by atoms with Crippen LogP contribution in [-0.2, 0) is 56.1 Å². The minimum atomic E-state index is -4.59. The smallest absolute Gasteiger partial charge is 0.294 e. The first-order chi connectivity index (χ1) is 26.2. The maximum absolute atomic E-state index is 12.4. The van der Waals surface area contributed by atoms with Crippen LogP contribution in [0.5, 0.6) is 0 Å². The van der Waals surface area contributed by atoms with Gasteiger partial charge < -0.3 is 4.90 Å². The molecule has 0 bridgehead atoms. The molecule has 2 aromatic carbocycles. The summed E-state index contributed by atoms with van der Waals surface area (Å²) in [6, 6.07) is 8.33. The number of nitrogens with zero attached hydrogens (tertiary/aromatic N) is 2. The normalized spacial score (nSPS) is 19.4. The zero-order valence-electron chi connectivity index (χ0n) is 32.5. The molecule has 2 aromatic rings. The molecule has 2 heterocycles. The van der Waals surface area contributed by atoms with E-state index in [1.807, 2.05) is 44.1 Å². The second-order valence-corrected chi connectivity index (χ2v) is 21.3. The Morgan fingerprint density at radius 1 is 0.754 bits per heavy atom. The molecule has 0 fully saturated rings. The van der Waals surface area contributed by atoms with Gasteiger partial charge in [-0.2, -0.15) is 38.2 Å². The molecule has 1 atom stereocenters. The number of unbranched alkanes of at least 4 members (excludes halogenated alkanes) is 1. The highest BCUT2D eigenvalue weighted by Gasteiger charge is 2.45. The largest absolute Gasteiger partial charge is 0.344 e. The topological polar surface area (TPSA) is 241 Å². The van der Waals surface area contributed by atoms with Crippen LogP contribution >= 0.6 is 0 Å². The van der Waals surface area contributed by atoms with E-state index in [2.05, 4.69) is 0 Å². The van der Waals surface area contributed by atoms with E-state index >= 15 is 0 Å². The Morgan fingerprint density at radius 3 is 1.91 bits per heavy atom. The van der Waals surface area contributed by atoms with Crippen LogP contribution in [0.4, 0.5) is 11.4 Å². The number of allylic oxidation sites excluding steroid dienone is 6. The standard InChI is InChI=1S/C38H50N2O13S4/c1-27(2)34(41)13-9-10-20-38(5)31-26-29(57(51,52)53)17-19-33(31)40(22-12-24-55(45,46)47)36(38)15-8-6-7-14-35-37(3,4)30-25-28(56(48,49)50)16-18-32(30)39(35)21-11-23-54(42,43)44/h6-8,14-19,25-27H,9-13,20-24H2,1-5H3,(H3-,42,43,44,45,46,47,48,49,50,51,52,53)/p+1. The molecule has 0 aromatic heterocycles. The Hall–Kier alpha value is -3.56. The number of fused-ring (bicyclic) bond motifs is 2. The van der Waals surface area contributed by atoms with Crippen LogP contribution in [0.25, 0.3) is 0 Å². The van der Waals surface area contributed by atoms with Crippen molar-refractivity contribution in [2.45, 2.75) is 93.8 Å². The average Bonchev–Trinajstić information content (AvgIpc) is 3.43. The molecule has 2 aliphatic heterocycles. The quantitative estimate of drug-likeness (QED) is 0.0576. The van der Waals surface area contributed by atoms with E-state index in [9.17, 15) is 56.7 Å². The molecule has 4 N–H and O–H groups in total. The summed E-state index contributed by atoms with van der Waals surface area (Å²) in [5.41, 5.74) is 1.94. The molecule has 0 spiro atoms. The van der Waals surface area contributed by atoms with E-state index < -0.39 is 62.8 Å². The van der Waals surface area contributed by atoms with Gasteiger partial charge in [-0.1, -0.05) is 38.5 Å².